The quantitative estimate of drug-likeness (QED) is 0.644. The summed E-state index contributed by atoms with van der Waals surface area (Å²) in [6.45, 7) is 7.01. The molecule has 6 nitrogen and oxygen atoms in total. The Hall–Kier alpha value is -3.06. The van der Waals surface area contributed by atoms with E-state index in [1.54, 1.807) is 17.0 Å². The van der Waals surface area contributed by atoms with Crippen LogP contribution in [0, 0.1) is 12.7 Å². The SMILES string of the molecule is CCc1nc(CN2CCN(C(=O)c3ccc(-c4ccc(C)cc4)cc3F)CC2)no1. The summed E-state index contributed by atoms with van der Waals surface area (Å²) in [5, 5.41) is 3.97. The van der Waals surface area contributed by atoms with E-state index in [1.165, 1.54) is 6.07 Å². The molecule has 1 aliphatic heterocycles. The Labute approximate surface area is 175 Å². The van der Waals surface area contributed by atoms with Gasteiger partial charge in [0, 0.05) is 32.6 Å². The van der Waals surface area contributed by atoms with Gasteiger partial charge in [-0.15, -0.1) is 0 Å². The molecule has 1 aromatic heterocycles. The largest absolute Gasteiger partial charge is 0.339 e. The fourth-order valence-electron chi connectivity index (χ4n) is 3.59. The molecular weight excluding hydrogens is 383 g/mol. The number of hydrogen-bond donors (Lipinski definition) is 0. The maximum Gasteiger partial charge on any atom is 0.256 e. The maximum absolute atomic E-state index is 14.7. The van der Waals surface area contributed by atoms with Crippen molar-refractivity contribution >= 4 is 5.91 Å². The molecule has 2 aromatic carbocycles. The number of hydrogen-bond acceptors (Lipinski definition) is 5. The van der Waals surface area contributed by atoms with Crippen LogP contribution in [0.4, 0.5) is 4.39 Å². The lowest BCUT2D eigenvalue weighted by Crippen LogP contribution is -2.48. The first-order valence-electron chi connectivity index (χ1n) is 10.2. The lowest BCUT2D eigenvalue weighted by Gasteiger charge is -2.34. The van der Waals surface area contributed by atoms with Crippen molar-refractivity contribution < 1.29 is 13.7 Å². The molecule has 2 heterocycles. The molecular formula is C23H25FN4O2. The average molecular weight is 408 g/mol. The number of aryl methyl sites for hydroxylation is 2. The Kier molecular flexibility index (Phi) is 5.90. The Balaban J connectivity index is 1.38. The van der Waals surface area contributed by atoms with E-state index < -0.39 is 5.82 Å². The van der Waals surface area contributed by atoms with Crippen molar-refractivity contribution in [3.05, 3.63) is 71.1 Å². The molecule has 1 saturated heterocycles. The molecule has 0 atom stereocenters. The predicted octanol–water partition coefficient (Wildman–Crippen LogP) is 3.70. The van der Waals surface area contributed by atoms with Crippen LogP contribution in [0.15, 0.2) is 47.0 Å². The van der Waals surface area contributed by atoms with Crippen molar-refractivity contribution in [3.8, 4) is 11.1 Å². The van der Waals surface area contributed by atoms with Crippen LogP contribution >= 0.6 is 0 Å². The number of benzene rings is 2. The first kappa shape index (κ1) is 20.2. The second-order valence-electron chi connectivity index (χ2n) is 7.59. The Bertz CT molecular complexity index is 1020. The molecule has 0 spiro atoms. The highest BCUT2D eigenvalue weighted by atomic mass is 19.1. The summed E-state index contributed by atoms with van der Waals surface area (Å²) in [4.78, 5) is 21.0. The molecule has 0 bridgehead atoms. The van der Waals surface area contributed by atoms with Crippen molar-refractivity contribution in [1.82, 2.24) is 19.9 Å². The number of halogens is 1. The van der Waals surface area contributed by atoms with Gasteiger partial charge < -0.3 is 9.42 Å². The van der Waals surface area contributed by atoms with Gasteiger partial charge in [-0.25, -0.2) is 4.39 Å². The zero-order chi connectivity index (χ0) is 21.1. The maximum atomic E-state index is 14.7. The first-order chi connectivity index (χ1) is 14.5. The summed E-state index contributed by atoms with van der Waals surface area (Å²) in [5.41, 5.74) is 2.96. The fourth-order valence-corrected chi connectivity index (χ4v) is 3.59. The lowest BCUT2D eigenvalue weighted by atomic mass is 10.0. The standard InChI is InChI=1S/C23H25FN4O2/c1-3-22-25-21(26-30-22)15-27-10-12-28(13-11-27)23(29)19-9-8-18(14-20(19)24)17-6-4-16(2)5-7-17/h4-9,14H,3,10-13,15H2,1-2H3. The molecule has 1 aliphatic rings. The van der Waals surface area contributed by atoms with Crippen molar-refractivity contribution in [2.75, 3.05) is 26.2 Å². The van der Waals surface area contributed by atoms with E-state index in [2.05, 4.69) is 15.0 Å². The molecule has 156 valence electrons. The van der Waals surface area contributed by atoms with Crippen LogP contribution in [-0.4, -0.2) is 52.0 Å². The minimum Gasteiger partial charge on any atom is -0.339 e. The Morgan fingerprint density at radius 1 is 1.07 bits per heavy atom. The number of carbonyl (C=O) groups is 1. The highest BCUT2D eigenvalue weighted by molar-refractivity contribution is 5.95. The van der Waals surface area contributed by atoms with Gasteiger partial charge >= 0.3 is 0 Å². The zero-order valence-corrected chi connectivity index (χ0v) is 17.3. The highest BCUT2D eigenvalue weighted by Gasteiger charge is 2.25. The van der Waals surface area contributed by atoms with E-state index in [0.29, 0.717) is 50.9 Å². The van der Waals surface area contributed by atoms with Crippen LogP contribution in [0.5, 0.6) is 0 Å². The van der Waals surface area contributed by atoms with Crippen LogP contribution < -0.4 is 0 Å². The second-order valence-corrected chi connectivity index (χ2v) is 7.59. The third-order valence-corrected chi connectivity index (χ3v) is 5.42. The van der Waals surface area contributed by atoms with Crippen molar-refractivity contribution in [2.45, 2.75) is 26.8 Å². The lowest BCUT2D eigenvalue weighted by molar-refractivity contribution is 0.0620. The van der Waals surface area contributed by atoms with E-state index in [4.69, 9.17) is 4.52 Å². The molecule has 1 amide bonds. The molecule has 0 unspecified atom stereocenters. The average Bonchev–Trinajstić information content (AvgIpc) is 3.22. The van der Waals surface area contributed by atoms with Gasteiger partial charge in [0.15, 0.2) is 5.82 Å². The first-order valence-corrected chi connectivity index (χ1v) is 10.2. The molecule has 0 radical (unpaired) electrons. The Morgan fingerprint density at radius 3 is 2.40 bits per heavy atom. The highest BCUT2D eigenvalue weighted by Crippen LogP contribution is 2.23. The van der Waals surface area contributed by atoms with Crippen LogP contribution in [0.1, 0.15) is 34.6 Å². The topological polar surface area (TPSA) is 62.5 Å². The van der Waals surface area contributed by atoms with E-state index >= 15 is 0 Å². The van der Waals surface area contributed by atoms with E-state index in [0.717, 1.165) is 16.7 Å². The van der Waals surface area contributed by atoms with Crippen LogP contribution in [0.25, 0.3) is 11.1 Å². The number of amides is 1. The van der Waals surface area contributed by atoms with Gasteiger partial charge in [-0.2, -0.15) is 4.98 Å². The number of piperazine rings is 1. The normalized spacial score (nSPS) is 14.8. The summed E-state index contributed by atoms with van der Waals surface area (Å²) in [6, 6.07) is 12.7. The number of rotatable bonds is 5. The zero-order valence-electron chi connectivity index (χ0n) is 17.3. The summed E-state index contributed by atoms with van der Waals surface area (Å²) in [5.74, 6) is 0.530. The molecule has 4 rings (SSSR count). The van der Waals surface area contributed by atoms with Crippen molar-refractivity contribution in [1.29, 1.82) is 0 Å². The second kappa shape index (κ2) is 8.75. The summed E-state index contributed by atoms with van der Waals surface area (Å²) in [7, 11) is 0. The van der Waals surface area contributed by atoms with Gasteiger partial charge in [0.1, 0.15) is 5.82 Å². The van der Waals surface area contributed by atoms with Crippen molar-refractivity contribution in [2.24, 2.45) is 0 Å². The van der Waals surface area contributed by atoms with Crippen molar-refractivity contribution in [3.63, 3.8) is 0 Å². The van der Waals surface area contributed by atoms with Crippen LogP contribution in [0.2, 0.25) is 0 Å². The van der Waals surface area contributed by atoms with Gasteiger partial charge in [0.25, 0.3) is 5.91 Å². The van der Waals surface area contributed by atoms with Gasteiger partial charge in [-0.05, 0) is 30.2 Å². The third-order valence-electron chi connectivity index (χ3n) is 5.42. The molecule has 7 heteroatoms. The third kappa shape index (κ3) is 4.41. The summed E-state index contributed by atoms with van der Waals surface area (Å²) >= 11 is 0. The van der Waals surface area contributed by atoms with Crippen LogP contribution in [0.3, 0.4) is 0 Å². The number of aromatic nitrogens is 2. The minimum absolute atomic E-state index is 0.116. The van der Waals surface area contributed by atoms with Gasteiger partial charge in [-0.3, -0.25) is 9.69 Å². The molecule has 0 saturated carbocycles. The molecule has 0 aliphatic carbocycles. The molecule has 3 aromatic rings. The summed E-state index contributed by atoms with van der Waals surface area (Å²) in [6.07, 6.45) is 0.712. The van der Waals surface area contributed by atoms with E-state index in [-0.39, 0.29) is 11.5 Å². The van der Waals surface area contributed by atoms with E-state index in [1.807, 2.05) is 38.1 Å². The molecule has 30 heavy (non-hydrogen) atoms. The van der Waals surface area contributed by atoms with Gasteiger partial charge in [0.05, 0.1) is 12.1 Å². The monoisotopic (exact) mass is 408 g/mol. The van der Waals surface area contributed by atoms with E-state index in [9.17, 15) is 9.18 Å². The summed E-state index contributed by atoms with van der Waals surface area (Å²) < 4.78 is 19.9. The molecule has 1 fully saturated rings. The van der Waals surface area contributed by atoms with Crippen LogP contribution in [-0.2, 0) is 13.0 Å². The fraction of sp³-hybridized carbons (Fsp3) is 0.348. The molecule has 0 N–H and O–H groups in total. The number of nitrogens with zero attached hydrogens (tertiary/aromatic N) is 4. The minimum atomic E-state index is -0.487. The smallest absolute Gasteiger partial charge is 0.256 e. The predicted molar refractivity (Wildman–Crippen MR) is 111 cm³/mol. The Morgan fingerprint density at radius 2 is 1.77 bits per heavy atom. The number of carbonyl (C=O) groups excluding carboxylic acids is 1. The van der Waals surface area contributed by atoms with Gasteiger partial charge in [-0.1, -0.05) is 48.0 Å². The van der Waals surface area contributed by atoms with Gasteiger partial charge in [0.2, 0.25) is 5.89 Å².